The summed E-state index contributed by atoms with van der Waals surface area (Å²) in [6.07, 6.45) is 4.83. The van der Waals surface area contributed by atoms with Gasteiger partial charge >= 0.3 is 5.97 Å². The van der Waals surface area contributed by atoms with Crippen molar-refractivity contribution in [2.24, 2.45) is 11.8 Å². The fourth-order valence-electron chi connectivity index (χ4n) is 3.44. The summed E-state index contributed by atoms with van der Waals surface area (Å²) in [5.74, 6) is -1.09. The van der Waals surface area contributed by atoms with Crippen molar-refractivity contribution in [2.45, 2.75) is 44.6 Å². The summed E-state index contributed by atoms with van der Waals surface area (Å²) in [6.45, 7) is 1.57. The van der Waals surface area contributed by atoms with Gasteiger partial charge in [0.05, 0.1) is 5.92 Å². The van der Waals surface area contributed by atoms with E-state index in [0.717, 1.165) is 25.7 Å². The third kappa shape index (κ3) is 2.89. The molecule has 3 rings (SSSR count). The summed E-state index contributed by atoms with van der Waals surface area (Å²) >= 11 is 0. The minimum absolute atomic E-state index is 0.0487. The van der Waals surface area contributed by atoms with Crippen LogP contribution in [0.15, 0.2) is 0 Å². The predicted molar refractivity (Wildman–Crippen MR) is 74.4 cm³/mol. The van der Waals surface area contributed by atoms with Crippen LogP contribution in [-0.4, -0.2) is 58.4 Å². The standard InChI is InChI=1S/C15H22N2O4/c18-13(10-5-6-10)17-8-2-4-12(17)14(19)16-7-1-3-11(9-16)15(20)21/h10-12H,1-9H2,(H,20,21). The molecule has 6 nitrogen and oxygen atoms in total. The minimum atomic E-state index is -0.829. The average molecular weight is 294 g/mol. The molecule has 1 saturated carbocycles. The van der Waals surface area contributed by atoms with Crippen LogP contribution in [0.1, 0.15) is 38.5 Å². The van der Waals surface area contributed by atoms with Gasteiger partial charge in [-0.15, -0.1) is 0 Å². The van der Waals surface area contributed by atoms with E-state index < -0.39 is 11.9 Å². The first-order valence-corrected chi connectivity index (χ1v) is 7.90. The van der Waals surface area contributed by atoms with E-state index in [1.54, 1.807) is 9.80 Å². The summed E-state index contributed by atoms with van der Waals surface area (Å²) in [5.41, 5.74) is 0. The van der Waals surface area contributed by atoms with Gasteiger partial charge in [-0.25, -0.2) is 0 Å². The molecule has 116 valence electrons. The van der Waals surface area contributed by atoms with Crippen molar-refractivity contribution in [3.63, 3.8) is 0 Å². The summed E-state index contributed by atoms with van der Waals surface area (Å²) in [4.78, 5) is 39.4. The second kappa shape index (κ2) is 5.66. The predicted octanol–water partition coefficient (Wildman–Crippen LogP) is 0.711. The summed E-state index contributed by atoms with van der Waals surface area (Å²) in [7, 11) is 0. The summed E-state index contributed by atoms with van der Waals surface area (Å²) in [5, 5.41) is 9.12. The number of hydrogen-bond donors (Lipinski definition) is 1. The van der Waals surface area contributed by atoms with Gasteiger partial charge in [0.25, 0.3) is 0 Å². The van der Waals surface area contributed by atoms with E-state index in [9.17, 15) is 14.4 Å². The minimum Gasteiger partial charge on any atom is -0.481 e. The van der Waals surface area contributed by atoms with Gasteiger partial charge in [-0.2, -0.15) is 0 Å². The third-order valence-electron chi connectivity index (χ3n) is 4.83. The molecule has 0 aromatic heterocycles. The number of hydrogen-bond acceptors (Lipinski definition) is 3. The number of carboxylic acid groups (broad SMARTS) is 1. The lowest BCUT2D eigenvalue weighted by atomic mass is 9.97. The number of piperidine rings is 1. The molecule has 3 aliphatic rings. The molecule has 2 heterocycles. The van der Waals surface area contributed by atoms with Gasteiger partial charge in [0.2, 0.25) is 11.8 Å². The maximum absolute atomic E-state index is 12.7. The number of aliphatic carboxylic acids is 1. The Morgan fingerprint density at radius 3 is 2.24 bits per heavy atom. The van der Waals surface area contributed by atoms with Crippen LogP contribution in [0.4, 0.5) is 0 Å². The zero-order valence-electron chi connectivity index (χ0n) is 12.2. The first-order valence-electron chi connectivity index (χ1n) is 7.90. The molecule has 0 radical (unpaired) electrons. The third-order valence-corrected chi connectivity index (χ3v) is 4.83. The Hall–Kier alpha value is -1.59. The van der Waals surface area contributed by atoms with Crippen LogP contribution in [0.2, 0.25) is 0 Å². The lowest BCUT2D eigenvalue weighted by molar-refractivity contribution is -0.149. The van der Waals surface area contributed by atoms with E-state index in [0.29, 0.717) is 25.9 Å². The van der Waals surface area contributed by atoms with Crippen molar-refractivity contribution in [1.29, 1.82) is 0 Å². The number of nitrogens with zero attached hydrogens (tertiary/aromatic N) is 2. The molecule has 0 aromatic carbocycles. The molecule has 3 fully saturated rings. The highest BCUT2D eigenvalue weighted by molar-refractivity contribution is 5.90. The lowest BCUT2D eigenvalue weighted by Crippen LogP contribution is -2.51. The Morgan fingerprint density at radius 1 is 0.857 bits per heavy atom. The van der Waals surface area contributed by atoms with Crippen molar-refractivity contribution in [3.8, 4) is 0 Å². The van der Waals surface area contributed by atoms with Crippen molar-refractivity contribution < 1.29 is 19.5 Å². The molecule has 2 aliphatic heterocycles. The normalized spacial score (nSPS) is 29.5. The van der Waals surface area contributed by atoms with Gasteiger partial charge in [0.1, 0.15) is 6.04 Å². The molecular weight excluding hydrogens is 272 g/mol. The van der Waals surface area contributed by atoms with Gasteiger partial charge in [-0.3, -0.25) is 14.4 Å². The molecule has 2 atom stereocenters. The second-order valence-electron chi connectivity index (χ2n) is 6.43. The average Bonchev–Trinajstić information content (AvgIpc) is 3.23. The van der Waals surface area contributed by atoms with Gasteiger partial charge in [0.15, 0.2) is 0 Å². The molecule has 1 aliphatic carbocycles. The van der Waals surface area contributed by atoms with Gasteiger partial charge < -0.3 is 14.9 Å². The monoisotopic (exact) mass is 294 g/mol. The van der Waals surface area contributed by atoms with Crippen LogP contribution in [0, 0.1) is 11.8 Å². The van der Waals surface area contributed by atoms with E-state index in [2.05, 4.69) is 0 Å². The molecule has 6 heteroatoms. The van der Waals surface area contributed by atoms with Crippen LogP contribution >= 0.6 is 0 Å². The number of likely N-dealkylation sites (tertiary alicyclic amines) is 2. The Bertz CT molecular complexity index is 461. The molecule has 0 spiro atoms. The molecule has 2 unspecified atom stereocenters. The SMILES string of the molecule is O=C(O)C1CCCN(C(=O)C2CCCN2C(=O)C2CC2)C1. The van der Waals surface area contributed by atoms with E-state index in [1.165, 1.54) is 0 Å². The van der Waals surface area contributed by atoms with E-state index in [-0.39, 0.29) is 30.3 Å². The number of amides is 2. The second-order valence-corrected chi connectivity index (χ2v) is 6.43. The first-order chi connectivity index (χ1) is 10.1. The Morgan fingerprint density at radius 2 is 1.57 bits per heavy atom. The smallest absolute Gasteiger partial charge is 0.308 e. The lowest BCUT2D eigenvalue weighted by Gasteiger charge is -2.35. The zero-order chi connectivity index (χ0) is 15.0. The van der Waals surface area contributed by atoms with Crippen LogP contribution in [0.25, 0.3) is 0 Å². The van der Waals surface area contributed by atoms with E-state index in [4.69, 9.17) is 5.11 Å². The first kappa shape index (κ1) is 14.4. The molecule has 2 saturated heterocycles. The van der Waals surface area contributed by atoms with E-state index >= 15 is 0 Å². The topological polar surface area (TPSA) is 77.9 Å². The van der Waals surface area contributed by atoms with Crippen molar-refractivity contribution in [3.05, 3.63) is 0 Å². The fraction of sp³-hybridized carbons (Fsp3) is 0.800. The maximum atomic E-state index is 12.7. The van der Waals surface area contributed by atoms with Crippen molar-refractivity contribution in [1.82, 2.24) is 9.80 Å². The Labute approximate surface area is 124 Å². The molecule has 0 bridgehead atoms. The maximum Gasteiger partial charge on any atom is 0.308 e. The van der Waals surface area contributed by atoms with Crippen LogP contribution in [0.3, 0.4) is 0 Å². The van der Waals surface area contributed by atoms with Crippen molar-refractivity contribution >= 4 is 17.8 Å². The Kier molecular flexibility index (Phi) is 3.87. The summed E-state index contributed by atoms with van der Waals surface area (Å²) in [6, 6.07) is -0.356. The number of carboxylic acids is 1. The molecular formula is C15H22N2O4. The number of carbonyl (C=O) groups excluding carboxylic acids is 2. The molecule has 1 N–H and O–H groups in total. The van der Waals surface area contributed by atoms with Gasteiger partial charge in [0, 0.05) is 25.6 Å². The highest BCUT2D eigenvalue weighted by atomic mass is 16.4. The largest absolute Gasteiger partial charge is 0.481 e. The molecule has 2 amide bonds. The van der Waals surface area contributed by atoms with Crippen LogP contribution < -0.4 is 0 Å². The van der Waals surface area contributed by atoms with Crippen molar-refractivity contribution in [2.75, 3.05) is 19.6 Å². The summed E-state index contributed by atoms with van der Waals surface area (Å²) < 4.78 is 0. The quantitative estimate of drug-likeness (QED) is 0.831. The number of carbonyl (C=O) groups is 3. The van der Waals surface area contributed by atoms with Gasteiger partial charge in [-0.1, -0.05) is 0 Å². The zero-order valence-corrected chi connectivity index (χ0v) is 12.2. The highest BCUT2D eigenvalue weighted by Crippen LogP contribution is 2.34. The van der Waals surface area contributed by atoms with Crippen LogP contribution in [-0.2, 0) is 14.4 Å². The van der Waals surface area contributed by atoms with Crippen LogP contribution in [0.5, 0.6) is 0 Å². The molecule has 21 heavy (non-hydrogen) atoms. The molecule has 0 aromatic rings. The van der Waals surface area contributed by atoms with Gasteiger partial charge in [-0.05, 0) is 38.5 Å². The Balaban J connectivity index is 1.65. The fourth-order valence-corrected chi connectivity index (χ4v) is 3.44. The van der Waals surface area contributed by atoms with E-state index in [1.807, 2.05) is 0 Å². The highest BCUT2D eigenvalue weighted by Gasteiger charge is 2.42. The number of rotatable bonds is 3.